The van der Waals surface area contributed by atoms with Crippen molar-refractivity contribution in [2.75, 3.05) is 6.54 Å². The normalized spacial score (nSPS) is 15.9. The highest BCUT2D eigenvalue weighted by molar-refractivity contribution is 5.77. The first-order valence-corrected chi connectivity index (χ1v) is 5.66. The minimum absolute atomic E-state index is 0.241. The number of hydrogen-bond acceptors (Lipinski definition) is 2. The van der Waals surface area contributed by atoms with Gasteiger partial charge in [0.1, 0.15) is 11.3 Å². The van der Waals surface area contributed by atoms with E-state index in [0.29, 0.717) is 24.5 Å². The van der Waals surface area contributed by atoms with E-state index in [0.717, 1.165) is 11.3 Å². The summed E-state index contributed by atoms with van der Waals surface area (Å²) in [5.74, 6) is 0.681. The molecule has 0 unspecified atom stereocenters. The molecule has 3 rings (SSSR count). The third kappa shape index (κ3) is 1.41. The standard InChI is InChI=1S/C12H14FN3/c13-9-2-1-3-10-12(9)15-11(6-7-14)16(10)8-4-5-8/h1-3,8H,4-7,14H2. The van der Waals surface area contributed by atoms with Gasteiger partial charge in [0.15, 0.2) is 5.82 Å². The van der Waals surface area contributed by atoms with Crippen LogP contribution in [0.5, 0.6) is 0 Å². The van der Waals surface area contributed by atoms with Gasteiger partial charge in [-0.2, -0.15) is 0 Å². The summed E-state index contributed by atoms with van der Waals surface area (Å²) in [6.45, 7) is 0.553. The zero-order chi connectivity index (χ0) is 11.1. The monoisotopic (exact) mass is 219 g/mol. The predicted molar refractivity (Wildman–Crippen MR) is 60.7 cm³/mol. The number of imidazole rings is 1. The number of fused-ring (bicyclic) bond motifs is 1. The van der Waals surface area contributed by atoms with E-state index in [2.05, 4.69) is 9.55 Å². The van der Waals surface area contributed by atoms with Gasteiger partial charge in [-0.05, 0) is 31.5 Å². The fourth-order valence-electron chi connectivity index (χ4n) is 2.18. The Hall–Kier alpha value is -1.42. The van der Waals surface area contributed by atoms with Gasteiger partial charge in [0.05, 0.1) is 5.52 Å². The molecular formula is C12H14FN3. The Labute approximate surface area is 93.1 Å². The van der Waals surface area contributed by atoms with Crippen molar-refractivity contribution >= 4 is 11.0 Å². The van der Waals surface area contributed by atoms with Gasteiger partial charge in [0.25, 0.3) is 0 Å². The zero-order valence-corrected chi connectivity index (χ0v) is 8.99. The van der Waals surface area contributed by atoms with Crippen molar-refractivity contribution in [1.82, 2.24) is 9.55 Å². The first-order valence-electron chi connectivity index (χ1n) is 5.66. The molecule has 2 aromatic rings. The predicted octanol–water partition coefficient (Wildman–Crippen LogP) is 2.01. The highest BCUT2D eigenvalue weighted by Crippen LogP contribution is 2.39. The van der Waals surface area contributed by atoms with E-state index >= 15 is 0 Å². The fraction of sp³-hybridized carbons (Fsp3) is 0.417. The molecule has 3 nitrogen and oxygen atoms in total. The number of nitrogens with two attached hydrogens (primary N) is 1. The Morgan fingerprint density at radius 2 is 2.25 bits per heavy atom. The molecule has 1 aromatic carbocycles. The summed E-state index contributed by atoms with van der Waals surface area (Å²) in [5, 5.41) is 0. The lowest BCUT2D eigenvalue weighted by atomic mass is 10.3. The van der Waals surface area contributed by atoms with E-state index in [1.54, 1.807) is 6.07 Å². The lowest BCUT2D eigenvalue weighted by molar-refractivity contribution is 0.637. The molecule has 1 aromatic heterocycles. The van der Waals surface area contributed by atoms with Gasteiger partial charge >= 0.3 is 0 Å². The lowest BCUT2D eigenvalue weighted by Crippen LogP contribution is -2.09. The average molecular weight is 219 g/mol. The number of hydrogen-bond donors (Lipinski definition) is 1. The van der Waals surface area contributed by atoms with Gasteiger partial charge in [0, 0.05) is 12.5 Å². The van der Waals surface area contributed by atoms with E-state index in [1.165, 1.54) is 18.9 Å². The van der Waals surface area contributed by atoms with Crippen molar-refractivity contribution in [1.29, 1.82) is 0 Å². The molecular weight excluding hydrogens is 205 g/mol. The smallest absolute Gasteiger partial charge is 0.151 e. The van der Waals surface area contributed by atoms with Gasteiger partial charge < -0.3 is 10.3 Å². The highest BCUT2D eigenvalue weighted by Gasteiger charge is 2.28. The molecule has 1 fully saturated rings. The fourth-order valence-corrected chi connectivity index (χ4v) is 2.18. The first-order chi connectivity index (χ1) is 7.81. The van der Waals surface area contributed by atoms with Crippen molar-refractivity contribution in [2.45, 2.75) is 25.3 Å². The van der Waals surface area contributed by atoms with Crippen LogP contribution in [0.2, 0.25) is 0 Å². The van der Waals surface area contributed by atoms with Crippen LogP contribution in [0.1, 0.15) is 24.7 Å². The molecule has 4 heteroatoms. The number of para-hydroxylation sites is 1. The zero-order valence-electron chi connectivity index (χ0n) is 8.99. The van der Waals surface area contributed by atoms with Crippen LogP contribution in [-0.2, 0) is 6.42 Å². The Kier molecular flexibility index (Phi) is 2.17. The largest absolute Gasteiger partial charge is 0.330 e. The Bertz CT molecular complexity index is 528. The maximum absolute atomic E-state index is 13.6. The molecule has 0 amide bonds. The SMILES string of the molecule is NCCc1nc2c(F)cccc2n1C1CC1. The van der Waals surface area contributed by atoms with Crippen molar-refractivity contribution in [3.05, 3.63) is 29.8 Å². The Morgan fingerprint density at radius 3 is 2.94 bits per heavy atom. The molecule has 1 aliphatic rings. The van der Waals surface area contributed by atoms with E-state index in [-0.39, 0.29) is 5.82 Å². The molecule has 0 spiro atoms. The summed E-state index contributed by atoms with van der Waals surface area (Å²) in [5.41, 5.74) is 6.96. The minimum Gasteiger partial charge on any atom is -0.330 e. The summed E-state index contributed by atoms with van der Waals surface area (Å²) < 4.78 is 15.8. The molecule has 84 valence electrons. The van der Waals surface area contributed by atoms with Crippen molar-refractivity contribution in [3.8, 4) is 0 Å². The van der Waals surface area contributed by atoms with Crippen molar-refractivity contribution in [2.24, 2.45) is 5.73 Å². The number of rotatable bonds is 3. The molecule has 16 heavy (non-hydrogen) atoms. The van der Waals surface area contributed by atoms with Gasteiger partial charge in [-0.25, -0.2) is 9.37 Å². The average Bonchev–Trinajstić information content (AvgIpc) is 3.02. The summed E-state index contributed by atoms with van der Waals surface area (Å²) in [6, 6.07) is 5.64. The quantitative estimate of drug-likeness (QED) is 0.858. The topological polar surface area (TPSA) is 43.8 Å². The van der Waals surface area contributed by atoms with Gasteiger partial charge in [0.2, 0.25) is 0 Å². The van der Waals surface area contributed by atoms with Crippen LogP contribution in [-0.4, -0.2) is 16.1 Å². The highest BCUT2D eigenvalue weighted by atomic mass is 19.1. The first kappa shape index (κ1) is 9.78. The van der Waals surface area contributed by atoms with Crippen molar-refractivity contribution in [3.63, 3.8) is 0 Å². The number of halogens is 1. The lowest BCUT2D eigenvalue weighted by Gasteiger charge is -2.05. The molecule has 2 N–H and O–H groups in total. The van der Waals surface area contributed by atoms with E-state index in [9.17, 15) is 4.39 Å². The Morgan fingerprint density at radius 1 is 1.44 bits per heavy atom. The molecule has 0 atom stereocenters. The van der Waals surface area contributed by atoms with Crippen molar-refractivity contribution < 1.29 is 4.39 Å². The second-order valence-electron chi connectivity index (χ2n) is 4.28. The minimum atomic E-state index is -0.241. The second-order valence-corrected chi connectivity index (χ2v) is 4.28. The van der Waals surface area contributed by atoms with Gasteiger partial charge in [-0.15, -0.1) is 0 Å². The molecule has 0 radical (unpaired) electrons. The Balaban J connectivity index is 2.24. The van der Waals surface area contributed by atoms with Gasteiger partial charge in [-0.1, -0.05) is 6.07 Å². The third-order valence-corrected chi connectivity index (χ3v) is 3.02. The number of benzene rings is 1. The molecule has 0 aliphatic heterocycles. The van der Waals surface area contributed by atoms with E-state index in [1.807, 2.05) is 6.07 Å². The summed E-state index contributed by atoms with van der Waals surface area (Å²) in [4.78, 5) is 4.37. The number of aromatic nitrogens is 2. The van der Waals surface area contributed by atoms with Crippen LogP contribution in [0.25, 0.3) is 11.0 Å². The van der Waals surface area contributed by atoms with E-state index < -0.39 is 0 Å². The van der Waals surface area contributed by atoms with Crippen LogP contribution in [0.15, 0.2) is 18.2 Å². The van der Waals surface area contributed by atoms with Crippen LogP contribution < -0.4 is 5.73 Å². The third-order valence-electron chi connectivity index (χ3n) is 3.02. The van der Waals surface area contributed by atoms with Crippen LogP contribution >= 0.6 is 0 Å². The summed E-state index contributed by atoms with van der Waals surface area (Å²) in [7, 11) is 0. The maximum Gasteiger partial charge on any atom is 0.151 e. The van der Waals surface area contributed by atoms with Crippen LogP contribution in [0.3, 0.4) is 0 Å². The molecule has 0 bridgehead atoms. The molecule has 1 heterocycles. The summed E-state index contributed by atoms with van der Waals surface area (Å²) in [6.07, 6.45) is 3.05. The second kappa shape index (κ2) is 3.56. The summed E-state index contributed by atoms with van der Waals surface area (Å²) >= 11 is 0. The van der Waals surface area contributed by atoms with Gasteiger partial charge in [-0.3, -0.25) is 0 Å². The van der Waals surface area contributed by atoms with Crippen LogP contribution in [0, 0.1) is 5.82 Å². The molecule has 1 aliphatic carbocycles. The van der Waals surface area contributed by atoms with E-state index in [4.69, 9.17) is 5.73 Å². The number of nitrogens with zero attached hydrogens (tertiary/aromatic N) is 2. The molecule has 0 saturated heterocycles. The molecule has 1 saturated carbocycles. The van der Waals surface area contributed by atoms with Crippen LogP contribution in [0.4, 0.5) is 4.39 Å². The maximum atomic E-state index is 13.6.